The second-order valence-corrected chi connectivity index (χ2v) is 7.40. The van der Waals surface area contributed by atoms with E-state index in [1.165, 1.54) is 16.9 Å². The monoisotopic (exact) mass is 343 g/mol. The highest BCUT2D eigenvalue weighted by atomic mass is 32.1. The van der Waals surface area contributed by atoms with Gasteiger partial charge in [-0.1, -0.05) is 12.1 Å². The van der Waals surface area contributed by atoms with Crippen LogP contribution in [0.4, 0.5) is 0 Å². The Bertz CT molecular complexity index is 734. The van der Waals surface area contributed by atoms with E-state index in [1.807, 2.05) is 24.3 Å². The third-order valence-corrected chi connectivity index (χ3v) is 5.70. The molecule has 1 aromatic carbocycles. The third kappa shape index (κ3) is 3.32. The average molecular weight is 343 g/mol. The Balaban J connectivity index is 1.38. The number of aryl methyl sites for hydroxylation is 1. The average Bonchev–Trinajstić information content (AvgIpc) is 3.30. The number of benzene rings is 1. The molecule has 5 heteroatoms. The van der Waals surface area contributed by atoms with Crippen molar-refractivity contribution in [2.75, 3.05) is 13.2 Å². The van der Waals surface area contributed by atoms with Crippen LogP contribution in [0, 0.1) is 0 Å². The first-order valence-corrected chi connectivity index (χ1v) is 9.35. The minimum Gasteiger partial charge on any atom is -0.493 e. The van der Waals surface area contributed by atoms with Gasteiger partial charge in [0.1, 0.15) is 5.75 Å². The van der Waals surface area contributed by atoms with Crippen molar-refractivity contribution in [3.63, 3.8) is 0 Å². The zero-order valence-electron chi connectivity index (χ0n) is 13.5. The molecule has 1 saturated heterocycles. The number of hydrogen-bond donors (Lipinski definition) is 1. The number of ether oxygens (including phenoxy) is 2. The van der Waals surface area contributed by atoms with Gasteiger partial charge < -0.3 is 14.8 Å². The van der Waals surface area contributed by atoms with Crippen LogP contribution in [0.1, 0.15) is 51.0 Å². The van der Waals surface area contributed by atoms with E-state index in [-0.39, 0.29) is 12.0 Å². The maximum atomic E-state index is 12.4. The first-order chi connectivity index (χ1) is 11.8. The highest BCUT2D eigenvalue weighted by Gasteiger charge is 2.21. The summed E-state index contributed by atoms with van der Waals surface area (Å²) in [7, 11) is 0. The van der Waals surface area contributed by atoms with Crippen LogP contribution >= 0.6 is 11.3 Å². The maximum absolute atomic E-state index is 12.4. The predicted molar refractivity (Wildman–Crippen MR) is 93.7 cm³/mol. The van der Waals surface area contributed by atoms with E-state index in [0.29, 0.717) is 6.54 Å². The molecule has 2 aliphatic rings. The molecule has 4 rings (SSSR count). The lowest BCUT2D eigenvalue weighted by atomic mass is 10.0. The zero-order chi connectivity index (χ0) is 16.4. The Hall–Kier alpha value is -1.85. The lowest BCUT2D eigenvalue weighted by molar-refractivity contribution is 0.0955. The minimum absolute atomic E-state index is 0.0155. The van der Waals surface area contributed by atoms with E-state index in [4.69, 9.17) is 9.47 Å². The highest BCUT2D eigenvalue weighted by Crippen LogP contribution is 2.33. The Morgan fingerprint density at radius 2 is 2.17 bits per heavy atom. The van der Waals surface area contributed by atoms with E-state index < -0.39 is 0 Å². The number of carbonyl (C=O) groups is 1. The molecule has 24 heavy (non-hydrogen) atoms. The van der Waals surface area contributed by atoms with E-state index in [9.17, 15) is 4.79 Å². The van der Waals surface area contributed by atoms with Gasteiger partial charge in [0.25, 0.3) is 5.91 Å². The number of nitrogens with one attached hydrogen (secondary N) is 1. The van der Waals surface area contributed by atoms with Crippen LogP contribution in [0.15, 0.2) is 30.3 Å². The topological polar surface area (TPSA) is 47.6 Å². The molecule has 1 N–H and O–H groups in total. The van der Waals surface area contributed by atoms with Crippen molar-refractivity contribution in [3.05, 3.63) is 51.2 Å². The molecule has 0 bridgehead atoms. The van der Waals surface area contributed by atoms with Crippen LogP contribution in [0.5, 0.6) is 5.75 Å². The van der Waals surface area contributed by atoms with Gasteiger partial charge in [-0.15, -0.1) is 11.3 Å². The summed E-state index contributed by atoms with van der Waals surface area (Å²) in [6.45, 7) is 2.17. The van der Waals surface area contributed by atoms with Gasteiger partial charge in [-0.3, -0.25) is 4.79 Å². The Morgan fingerprint density at radius 1 is 1.21 bits per heavy atom. The van der Waals surface area contributed by atoms with Gasteiger partial charge in [0.05, 0.1) is 17.6 Å². The fourth-order valence-corrected chi connectivity index (χ4v) is 4.25. The number of hydrogen-bond acceptors (Lipinski definition) is 4. The van der Waals surface area contributed by atoms with Crippen molar-refractivity contribution < 1.29 is 14.3 Å². The lowest BCUT2D eigenvalue weighted by Crippen LogP contribution is -2.22. The van der Waals surface area contributed by atoms with Crippen LogP contribution in [-0.4, -0.2) is 19.1 Å². The van der Waals surface area contributed by atoms with E-state index in [2.05, 4.69) is 11.4 Å². The van der Waals surface area contributed by atoms with Crippen LogP contribution in [-0.2, 0) is 17.7 Å². The molecule has 126 valence electrons. The SMILES string of the molecule is O=C(NCc1ccc2c(c1)CCCO2)c1ccc([C@H]2CCCO2)s1. The molecule has 1 atom stereocenters. The van der Waals surface area contributed by atoms with Gasteiger partial charge in [0, 0.05) is 18.0 Å². The molecular formula is C19H21NO3S. The molecule has 3 heterocycles. The molecule has 1 amide bonds. The normalized spacial score (nSPS) is 19.6. The Labute approximate surface area is 145 Å². The summed E-state index contributed by atoms with van der Waals surface area (Å²) in [5, 5.41) is 3.02. The van der Waals surface area contributed by atoms with E-state index >= 15 is 0 Å². The summed E-state index contributed by atoms with van der Waals surface area (Å²) in [4.78, 5) is 14.3. The predicted octanol–water partition coefficient (Wildman–Crippen LogP) is 3.85. The molecular weight excluding hydrogens is 322 g/mol. The van der Waals surface area contributed by atoms with Crippen LogP contribution in [0.25, 0.3) is 0 Å². The zero-order valence-corrected chi connectivity index (χ0v) is 14.4. The van der Waals surface area contributed by atoms with Gasteiger partial charge >= 0.3 is 0 Å². The first kappa shape index (κ1) is 15.7. The molecule has 0 unspecified atom stereocenters. The number of fused-ring (bicyclic) bond motifs is 1. The van der Waals surface area contributed by atoms with E-state index in [0.717, 1.165) is 60.0 Å². The first-order valence-electron chi connectivity index (χ1n) is 8.54. The van der Waals surface area contributed by atoms with Gasteiger partial charge in [-0.05, 0) is 55.0 Å². The van der Waals surface area contributed by atoms with Crippen molar-refractivity contribution >= 4 is 17.2 Å². The van der Waals surface area contributed by atoms with Gasteiger partial charge in [0.15, 0.2) is 0 Å². The van der Waals surface area contributed by atoms with Crippen LogP contribution in [0.3, 0.4) is 0 Å². The van der Waals surface area contributed by atoms with Gasteiger partial charge in [-0.25, -0.2) is 0 Å². The van der Waals surface area contributed by atoms with Crippen molar-refractivity contribution in [3.8, 4) is 5.75 Å². The van der Waals surface area contributed by atoms with Crippen LogP contribution in [0.2, 0.25) is 0 Å². The molecule has 0 radical (unpaired) electrons. The molecule has 2 aliphatic heterocycles. The smallest absolute Gasteiger partial charge is 0.261 e. The second-order valence-electron chi connectivity index (χ2n) is 6.28. The fourth-order valence-electron chi connectivity index (χ4n) is 3.24. The summed E-state index contributed by atoms with van der Waals surface area (Å²) < 4.78 is 11.3. The summed E-state index contributed by atoms with van der Waals surface area (Å²) in [6, 6.07) is 10.1. The Kier molecular flexibility index (Phi) is 4.54. The Morgan fingerprint density at radius 3 is 3.04 bits per heavy atom. The second kappa shape index (κ2) is 6.95. The third-order valence-electron chi connectivity index (χ3n) is 4.52. The highest BCUT2D eigenvalue weighted by molar-refractivity contribution is 7.14. The van der Waals surface area contributed by atoms with E-state index in [1.54, 1.807) is 0 Å². The fraction of sp³-hybridized carbons (Fsp3) is 0.421. The quantitative estimate of drug-likeness (QED) is 0.917. The molecule has 1 fully saturated rings. The maximum Gasteiger partial charge on any atom is 0.261 e. The number of thiophene rings is 1. The van der Waals surface area contributed by atoms with Crippen molar-refractivity contribution in [2.24, 2.45) is 0 Å². The molecule has 1 aromatic heterocycles. The summed E-state index contributed by atoms with van der Waals surface area (Å²) >= 11 is 1.54. The lowest BCUT2D eigenvalue weighted by Gasteiger charge is -2.18. The largest absolute Gasteiger partial charge is 0.493 e. The molecule has 0 saturated carbocycles. The van der Waals surface area contributed by atoms with Crippen LogP contribution < -0.4 is 10.1 Å². The van der Waals surface area contributed by atoms with Gasteiger partial charge in [-0.2, -0.15) is 0 Å². The molecule has 0 aliphatic carbocycles. The molecule has 4 nitrogen and oxygen atoms in total. The number of rotatable bonds is 4. The summed E-state index contributed by atoms with van der Waals surface area (Å²) in [5.41, 5.74) is 2.35. The van der Waals surface area contributed by atoms with Gasteiger partial charge in [0.2, 0.25) is 0 Å². The standard InChI is InChI=1S/C19H21NO3S/c21-19(18-8-7-17(24-18)16-4-2-10-23-16)20-12-13-5-6-15-14(11-13)3-1-9-22-15/h5-8,11,16H,1-4,9-10,12H2,(H,20,21)/t16-/m1/s1. The van der Waals surface area contributed by atoms with Crippen molar-refractivity contribution in [1.82, 2.24) is 5.32 Å². The minimum atomic E-state index is -0.0155. The van der Waals surface area contributed by atoms with Crippen molar-refractivity contribution in [2.45, 2.75) is 38.3 Å². The number of amides is 1. The summed E-state index contributed by atoms with van der Waals surface area (Å²) in [6.07, 6.45) is 4.44. The molecule has 0 spiro atoms. The molecule has 2 aromatic rings. The summed E-state index contributed by atoms with van der Waals surface area (Å²) in [5.74, 6) is 0.967. The van der Waals surface area contributed by atoms with Crippen molar-refractivity contribution in [1.29, 1.82) is 0 Å². The number of carbonyl (C=O) groups excluding carboxylic acids is 1.